The summed E-state index contributed by atoms with van der Waals surface area (Å²) in [6.45, 7) is 6.38. The molecule has 0 aliphatic carbocycles. The summed E-state index contributed by atoms with van der Waals surface area (Å²) in [7, 11) is 3.94. The first-order valence-electron chi connectivity index (χ1n) is 4.17. The first-order valence-corrected chi connectivity index (χ1v) is 4.17. The van der Waals surface area contributed by atoms with Crippen molar-refractivity contribution in [3.8, 4) is 0 Å². The summed E-state index contributed by atoms with van der Waals surface area (Å²) < 4.78 is 1.92. The van der Waals surface area contributed by atoms with Crippen molar-refractivity contribution in [1.82, 2.24) is 15.1 Å². The van der Waals surface area contributed by atoms with Gasteiger partial charge in [-0.1, -0.05) is 0 Å². The van der Waals surface area contributed by atoms with Gasteiger partial charge in [0.2, 0.25) is 0 Å². The van der Waals surface area contributed by atoms with Gasteiger partial charge in [-0.3, -0.25) is 4.68 Å². The van der Waals surface area contributed by atoms with E-state index in [1.165, 1.54) is 11.3 Å². The lowest BCUT2D eigenvalue weighted by atomic mass is 9.98. The maximum absolute atomic E-state index is 4.21. The Morgan fingerprint density at radius 1 is 1.50 bits per heavy atom. The van der Waals surface area contributed by atoms with Crippen molar-refractivity contribution < 1.29 is 0 Å². The van der Waals surface area contributed by atoms with Crippen LogP contribution in [0.4, 0.5) is 0 Å². The average molecular weight is 167 g/mol. The van der Waals surface area contributed by atoms with Crippen LogP contribution in [0.5, 0.6) is 0 Å². The Bertz CT molecular complexity index is 254. The quantitative estimate of drug-likeness (QED) is 0.717. The lowest BCUT2D eigenvalue weighted by Crippen LogP contribution is -2.35. The normalized spacial score (nSPS) is 12.1. The standard InChI is InChI=1S/C9H17N3/c1-7-6-11-12(5)8(7)9(2,3)10-4/h6,10H,1-5H3. The molecule has 0 bridgehead atoms. The number of hydrogen-bond donors (Lipinski definition) is 1. The highest BCUT2D eigenvalue weighted by atomic mass is 15.3. The van der Waals surface area contributed by atoms with E-state index in [9.17, 15) is 0 Å². The highest BCUT2D eigenvalue weighted by molar-refractivity contribution is 5.22. The number of aryl methyl sites for hydroxylation is 2. The van der Waals surface area contributed by atoms with Gasteiger partial charge in [0.25, 0.3) is 0 Å². The van der Waals surface area contributed by atoms with Crippen LogP contribution in [0.25, 0.3) is 0 Å². The predicted molar refractivity (Wildman–Crippen MR) is 50.0 cm³/mol. The van der Waals surface area contributed by atoms with Crippen molar-refractivity contribution in [1.29, 1.82) is 0 Å². The number of hydrogen-bond acceptors (Lipinski definition) is 2. The van der Waals surface area contributed by atoms with E-state index in [-0.39, 0.29) is 5.54 Å². The van der Waals surface area contributed by atoms with Crippen molar-refractivity contribution in [2.45, 2.75) is 26.3 Å². The monoisotopic (exact) mass is 167 g/mol. The third-order valence-corrected chi connectivity index (χ3v) is 2.34. The van der Waals surface area contributed by atoms with E-state index in [4.69, 9.17) is 0 Å². The zero-order chi connectivity index (χ0) is 9.35. The molecule has 1 N–H and O–H groups in total. The molecule has 1 aromatic heterocycles. The highest BCUT2D eigenvalue weighted by Crippen LogP contribution is 2.21. The number of nitrogens with zero attached hydrogens (tertiary/aromatic N) is 2. The molecule has 12 heavy (non-hydrogen) atoms. The summed E-state index contributed by atoms with van der Waals surface area (Å²) in [6, 6.07) is 0. The molecule has 0 radical (unpaired) electrons. The molecule has 1 heterocycles. The summed E-state index contributed by atoms with van der Waals surface area (Å²) in [6.07, 6.45) is 1.90. The molecular formula is C9H17N3. The Hall–Kier alpha value is -0.830. The van der Waals surface area contributed by atoms with Crippen molar-refractivity contribution in [2.75, 3.05) is 7.05 Å². The molecule has 0 spiro atoms. The first kappa shape index (κ1) is 9.26. The Kier molecular flexibility index (Phi) is 2.24. The van der Waals surface area contributed by atoms with Gasteiger partial charge in [-0.15, -0.1) is 0 Å². The lowest BCUT2D eigenvalue weighted by Gasteiger charge is -2.25. The van der Waals surface area contributed by atoms with Gasteiger partial charge in [-0.05, 0) is 33.4 Å². The van der Waals surface area contributed by atoms with E-state index in [0.717, 1.165) is 0 Å². The van der Waals surface area contributed by atoms with Crippen LogP contribution in [-0.2, 0) is 12.6 Å². The number of rotatable bonds is 2. The molecule has 1 aromatic rings. The molecule has 0 aliphatic rings. The number of aromatic nitrogens is 2. The van der Waals surface area contributed by atoms with Gasteiger partial charge in [-0.25, -0.2) is 0 Å². The fourth-order valence-electron chi connectivity index (χ4n) is 1.56. The van der Waals surface area contributed by atoms with Crippen LogP contribution < -0.4 is 5.32 Å². The maximum Gasteiger partial charge on any atom is 0.0605 e. The molecule has 3 heteroatoms. The Morgan fingerprint density at radius 2 is 2.08 bits per heavy atom. The van der Waals surface area contributed by atoms with E-state index >= 15 is 0 Å². The summed E-state index contributed by atoms with van der Waals surface area (Å²) in [5, 5.41) is 7.47. The molecule has 1 rings (SSSR count). The van der Waals surface area contributed by atoms with Gasteiger partial charge in [-0.2, -0.15) is 5.10 Å². The predicted octanol–water partition coefficient (Wildman–Crippen LogP) is 1.18. The zero-order valence-corrected chi connectivity index (χ0v) is 8.47. The van der Waals surface area contributed by atoms with Crippen molar-refractivity contribution in [3.63, 3.8) is 0 Å². The van der Waals surface area contributed by atoms with Crippen molar-refractivity contribution >= 4 is 0 Å². The second-order valence-electron chi connectivity index (χ2n) is 3.67. The molecule has 0 saturated carbocycles. The van der Waals surface area contributed by atoms with E-state index in [2.05, 4.69) is 31.2 Å². The molecular weight excluding hydrogens is 150 g/mol. The highest BCUT2D eigenvalue weighted by Gasteiger charge is 2.23. The van der Waals surface area contributed by atoms with E-state index < -0.39 is 0 Å². The van der Waals surface area contributed by atoms with Crippen molar-refractivity contribution in [2.24, 2.45) is 7.05 Å². The van der Waals surface area contributed by atoms with Gasteiger partial charge >= 0.3 is 0 Å². The first-order chi connectivity index (χ1) is 5.49. The second-order valence-corrected chi connectivity index (χ2v) is 3.67. The Morgan fingerprint density at radius 3 is 2.42 bits per heavy atom. The van der Waals surface area contributed by atoms with Gasteiger partial charge in [0.05, 0.1) is 17.4 Å². The van der Waals surface area contributed by atoms with Gasteiger partial charge in [0.15, 0.2) is 0 Å². The largest absolute Gasteiger partial charge is 0.310 e. The van der Waals surface area contributed by atoms with E-state index in [1.807, 2.05) is 25.0 Å². The van der Waals surface area contributed by atoms with Crippen LogP contribution in [0, 0.1) is 6.92 Å². The summed E-state index contributed by atoms with van der Waals surface area (Å²) in [5.41, 5.74) is 2.47. The maximum atomic E-state index is 4.21. The molecule has 0 amide bonds. The van der Waals surface area contributed by atoms with Crippen LogP contribution in [-0.4, -0.2) is 16.8 Å². The molecule has 68 valence electrons. The average Bonchev–Trinajstić information content (AvgIpc) is 2.31. The smallest absolute Gasteiger partial charge is 0.0605 e. The fourth-order valence-corrected chi connectivity index (χ4v) is 1.56. The fraction of sp³-hybridized carbons (Fsp3) is 0.667. The lowest BCUT2D eigenvalue weighted by molar-refractivity contribution is 0.407. The van der Waals surface area contributed by atoms with Crippen LogP contribution in [0.3, 0.4) is 0 Å². The molecule has 0 atom stereocenters. The molecule has 0 aliphatic heterocycles. The molecule has 0 saturated heterocycles. The minimum atomic E-state index is -0.00463. The van der Waals surface area contributed by atoms with Crippen LogP contribution in [0.15, 0.2) is 6.20 Å². The zero-order valence-electron chi connectivity index (χ0n) is 8.47. The summed E-state index contributed by atoms with van der Waals surface area (Å²) >= 11 is 0. The summed E-state index contributed by atoms with van der Waals surface area (Å²) in [5.74, 6) is 0. The van der Waals surface area contributed by atoms with E-state index in [0.29, 0.717) is 0 Å². The minimum absolute atomic E-state index is 0.00463. The van der Waals surface area contributed by atoms with Gasteiger partial charge in [0.1, 0.15) is 0 Å². The Labute approximate surface area is 73.8 Å². The molecule has 3 nitrogen and oxygen atoms in total. The van der Waals surface area contributed by atoms with Crippen LogP contribution >= 0.6 is 0 Å². The third-order valence-electron chi connectivity index (χ3n) is 2.34. The Balaban J connectivity index is 3.17. The SMILES string of the molecule is CNC(C)(C)c1c(C)cnn1C. The van der Waals surface area contributed by atoms with E-state index in [1.54, 1.807) is 0 Å². The summed E-state index contributed by atoms with van der Waals surface area (Å²) in [4.78, 5) is 0. The topological polar surface area (TPSA) is 29.9 Å². The minimum Gasteiger partial charge on any atom is -0.310 e. The number of nitrogens with one attached hydrogen (secondary N) is 1. The molecule has 0 unspecified atom stereocenters. The third kappa shape index (κ3) is 1.37. The molecule has 0 aromatic carbocycles. The van der Waals surface area contributed by atoms with Gasteiger partial charge in [0, 0.05) is 7.05 Å². The van der Waals surface area contributed by atoms with Crippen LogP contribution in [0.2, 0.25) is 0 Å². The second kappa shape index (κ2) is 2.90. The molecule has 0 fully saturated rings. The van der Waals surface area contributed by atoms with Gasteiger partial charge < -0.3 is 5.32 Å². The van der Waals surface area contributed by atoms with Crippen molar-refractivity contribution in [3.05, 3.63) is 17.5 Å². The van der Waals surface area contributed by atoms with Crippen LogP contribution in [0.1, 0.15) is 25.1 Å².